The molecule has 0 spiro atoms. The van der Waals surface area contributed by atoms with Gasteiger partial charge in [-0.05, 0) is 37.6 Å². The highest BCUT2D eigenvalue weighted by atomic mass is 32.1. The molecule has 30 heavy (non-hydrogen) atoms. The number of amides is 1. The molecule has 1 saturated heterocycles. The van der Waals surface area contributed by atoms with Gasteiger partial charge >= 0.3 is 0 Å². The molecule has 0 radical (unpaired) electrons. The molecule has 2 aromatic heterocycles. The number of halogens is 2. The number of carbonyl (C=O) groups is 1. The summed E-state index contributed by atoms with van der Waals surface area (Å²) in [6.07, 6.45) is 4.32. The van der Waals surface area contributed by atoms with E-state index in [0.717, 1.165) is 15.4 Å². The van der Waals surface area contributed by atoms with Crippen molar-refractivity contribution in [1.29, 1.82) is 0 Å². The van der Waals surface area contributed by atoms with Gasteiger partial charge in [-0.1, -0.05) is 6.07 Å². The number of pyridine rings is 1. The zero-order valence-corrected chi connectivity index (χ0v) is 17.0. The largest absolute Gasteiger partial charge is 0.295 e. The van der Waals surface area contributed by atoms with Crippen LogP contribution in [0.3, 0.4) is 0 Å². The molecule has 0 saturated carbocycles. The minimum Gasteiger partial charge on any atom is -0.295 e. The zero-order valence-electron chi connectivity index (χ0n) is 16.2. The zero-order chi connectivity index (χ0) is 20.8. The van der Waals surface area contributed by atoms with Crippen LogP contribution in [0.2, 0.25) is 0 Å². The quantitative estimate of drug-likeness (QED) is 0.626. The Bertz CT molecular complexity index is 1140. The van der Waals surface area contributed by atoms with Crippen molar-refractivity contribution < 1.29 is 13.6 Å². The van der Waals surface area contributed by atoms with E-state index in [4.69, 9.17) is 4.98 Å². The summed E-state index contributed by atoms with van der Waals surface area (Å²) in [4.78, 5) is 29.3. The number of hydrogen-bond donors (Lipinski definition) is 0. The molecule has 0 aliphatic carbocycles. The second-order valence-electron chi connectivity index (χ2n) is 7.47. The summed E-state index contributed by atoms with van der Waals surface area (Å²) >= 11 is 1.52. The van der Waals surface area contributed by atoms with Crippen LogP contribution in [-0.4, -0.2) is 34.2 Å². The number of anilines is 1. The highest BCUT2D eigenvalue weighted by Gasteiger charge is 2.43. The summed E-state index contributed by atoms with van der Waals surface area (Å²) in [5.41, 5.74) is 1.12. The highest BCUT2D eigenvalue weighted by Crippen LogP contribution is 2.38. The summed E-state index contributed by atoms with van der Waals surface area (Å²) in [6.45, 7) is 2.42. The van der Waals surface area contributed by atoms with Gasteiger partial charge in [0.2, 0.25) is 5.91 Å². The average Bonchev–Trinajstić information content (AvgIpc) is 3.33. The van der Waals surface area contributed by atoms with E-state index >= 15 is 0 Å². The molecule has 0 N–H and O–H groups in total. The third-order valence-electron chi connectivity index (χ3n) is 5.62. The van der Waals surface area contributed by atoms with Crippen molar-refractivity contribution >= 4 is 28.8 Å². The number of piperidine rings is 1. The van der Waals surface area contributed by atoms with Crippen molar-refractivity contribution in [2.24, 2.45) is 10.9 Å². The number of thiazole rings is 1. The number of rotatable bonds is 3. The molecule has 2 atom stereocenters. The van der Waals surface area contributed by atoms with Gasteiger partial charge in [0, 0.05) is 41.5 Å². The van der Waals surface area contributed by atoms with Crippen molar-refractivity contribution in [3.63, 3.8) is 0 Å². The van der Waals surface area contributed by atoms with E-state index in [1.54, 1.807) is 17.3 Å². The molecule has 8 heteroatoms. The molecule has 5 nitrogen and oxygen atoms in total. The number of aromatic nitrogens is 2. The monoisotopic (exact) mass is 424 g/mol. The standard InChI is InChI=1S/C22H18F2N4OS/c1-12-20(27-21(30-12)13-4-3-8-25-11-13)28-9-7-17-14(22(28)29)10-18(26-17)19-15(23)5-2-6-16(19)24/h2-6,8,11,14,17H,7,9-10H2,1H3. The molecule has 4 heterocycles. The van der Waals surface area contributed by atoms with Gasteiger partial charge in [-0.15, -0.1) is 11.3 Å². The molecular weight excluding hydrogens is 406 g/mol. The molecule has 1 fully saturated rings. The van der Waals surface area contributed by atoms with Gasteiger partial charge in [0.25, 0.3) is 0 Å². The van der Waals surface area contributed by atoms with E-state index in [9.17, 15) is 13.6 Å². The molecule has 2 unspecified atom stereocenters. The predicted octanol–water partition coefficient (Wildman–Crippen LogP) is 4.41. The fraction of sp³-hybridized carbons (Fsp3) is 0.273. The fourth-order valence-corrected chi connectivity index (χ4v) is 5.09. The van der Waals surface area contributed by atoms with Crippen LogP contribution in [-0.2, 0) is 4.79 Å². The van der Waals surface area contributed by atoms with Crippen LogP contribution in [0, 0.1) is 24.5 Å². The number of carbonyl (C=O) groups excluding carboxylic acids is 1. The maximum absolute atomic E-state index is 14.2. The van der Waals surface area contributed by atoms with E-state index in [0.29, 0.717) is 24.5 Å². The Balaban J connectivity index is 1.41. The van der Waals surface area contributed by atoms with Gasteiger partial charge in [0.1, 0.15) is 22.5 Å². The first-order valence-electron chi connectivity index (χ1n) is 9.73. The average molecular weight is 424 g/mol. The summed E-state index contributed by atoms with van der Waals surface area (Å²) < 4.78 is 28.4. The number of fused-ring (bicyclic) bond motifs is 1. The smallest absolute Gasteiger partial charge is 0.233 e. The molecule has 152 valence electrons. The Kier molecular flexibility index (Phi) is 4.66. The van der Waals surface area contributed by atoms with Crippen LogP contribution < -0.4 is 4.90 Å². The first kappa shape index (κ1) is 19.0. The summed E-state index contributed by atoms with van der Waals surface area (Å²) in [6, 6.07) is 7.30. The van der Waals surface area contributed by atoms with Gasteiger partial charge in [-0.25, -0.2) is 13.8 Å². The molecule has 1 amide bonds. The number of aryl methyl sites for hydroxylation is 1. The van der Waals surface area contributed by atoms with Gasteiger partial charge in [0.05, 0.1) is 17.5 Å². The van der Waals surface area contributed by atoms with E-state index < -0.39 is 17.6 Å². The molecule has 1 aromatic carbocycles. The van der Waals surface area contributed by atoms with E-state index in [2.05, 4.69) is 9.98 Å². The lowest BCUT2D eigenvalue weighted by Crippen LogP contribution is -2.46. The van der Waals surface area contributed by atoms with Gasteiger partial charge in [0.15, 0.2) is 0 Å². The van der Waals surface area contributed by atoms with Crippen LogP contribution in [0.4, 0.5) is 14.6 Å². The van der Waals surface area contributed by atoms with Gasteiger partial charge in [-0.2, -0.15) is 0 Å². The van der Waals surface area contributed by atoms with Crippen LogP contribution in [0.1, 0.15) is 23.3 Å². The second kappa shape index (κ2) is 7.36. The number of hydrogen-bond acceptors (Lipinski definition) is 5. The maximum Gasteiger partial charge on any atom is 0.233 e. The molecule has 5 rings (SSSR count). The van der Waals surface area contributed by atoms with Gasteiger partial charge in [-0.3, -0.25) is 19.7 Å². The van der Waals surface area contributed by atoms with Crippen LogP contribution in [0.5, 0.6) is 0 Å². The van der Waals surface area contributed by atoms with Crippen molar-refractivity contribution in [1.82, 2.24) is 9.97 Å². The maximum atomic E-state index is 14.2. The first-order valence-corrected chi connectivity index (χ1v) is 10.5. The lowest BCUT2D eigenvalue weighted by molar-refractivity contribution is -0.123. The van der Waals surface area contributed by atoms with Crippen LogP contribution in [0.15, 0.2) is 47.7 Å². The number of aliphatic imine (C=N–C) groups is 1. The van der Waals surface area contributed by atoms with Gasteiger partial charge < -0.3 is 0 Å². The van der Waals surface area contributed by atoms with Crippen molar-refractivity contribution in [2.75, 3.05) is 11.4 Å². The Morgan fingerprint density at radius 3 is 2.70 bits per heavy atom. The van der Waals surface area contributed by atoms with E-state index in [1.165, 1.54) is 29.5 Å². The SMILES string of the molecule is Cc1sc(-c2cccnc2)nc1N1CCC2N=C(c3c(F)cccc3F)CC2C1=O. The van der Waals surface area contributed by atoms with E-state index in [1.807, 2.05) is 19.1 Å². The minimum atomic E-state index is -0.645. The lowest BCUT2D eigenvalue weighted by atomic mass is 9.89. The lowest BCUT2D eigenvalue weighted by Gasteiger charge is -2.32. The minimum absolute atomic E-state index is 0.0899. The first-order chi connectivity index (χ1) is 14.5. The Labute approximate surface area is 176 Å². The fourth-order valence-electron chi connectivity index (χ4n) is 4.18. The van der Waals surface area contributed by atoms with Crippen molar-refractivity contribution in [3.8, 4) is 10.6 Å². The molecule has 3 aromatic rings. The highest BCUT2D eigenvalue weighted by molar-refractivity contribution is 7.15. The summed E-state index contributed by atoms with van der Waals surface area (Å²) in [7, 11) is 0. The van der Waals surface area contributed by atoms with E-state index in [-0.39, 0.29) is 23.9 Å². The van der Waals surface area contributed by atoms with Crippen molar-refractivity contribution in [2.45, 2.75) is 25.8 Å². The Morgan fingerprint density at radius 1 is 1.17 bits per heavy atom. The number of nitrogens with zero attached hydrogens (tertiary/aromatic N) is 4. The molecular formula is C22H18F2N4OS. The normalized spacial score (nSPS) is 21.0. The molecule has 2 aliphatic rings. The third kappa shape index (κ3) is 3.11. The number of benzene rings is 1. The second-order valence-corrected chi connectivity index (χ2v) is 8.67. The summed E-state index contributed by atoms with van der Waals surface area (Å²) in [5.74, 6) is -1.15. The van der Waals surface area contributed by atoms with Crippen molar-refractivity contribution in [3.05, 3.63) is 64.8 Å². The Hall–Kier alpha value is -3.00. The predicted molar refractivity (Wildman–Crippen MR) is 112 cm³/mol. The molecule has 2 aliphatic heterocycles. The summed E-state index contributed by atoms with van der Waals surface area (Å²) in [5, 5.41) is 0.808. The van der Waals surface area contributed by atoms with Crippen LogP contribution >= 0.6 is 11.3 Å². The topological polar surface area (TPSA) is 58.5 Å². The Morgan fingerprint density at radius 2 is 1.97 bits per heavy atom. The molecule has 0 bridgehead atoms. The van der Waals surface area contributed by atoms with Crippen LogP contribution in [0.25, 0.3) is 10.6 Å². The third-order valence-corrected chi connectivity index (χ3v) is 6.63.